The molecular weight excluding hydrogens is 1240 g/mol. The Kier molecular flexibility index (Phi) is 18.8. The fourth-order valence-corrected chi connectivity index (χ4v) is 12.4. The second-order valence-corrected chi connectivity index (χ2v) is 29.6. The van der Waals surface area contributed by atoms with Crippen LogP contribution in [0.15, 0.2) is 116 Å². The van der Waals surface area contributed by atoms with E-state index in [1.807, 2.05) is 24.3 Å². The summed E-state index contributed by atoms with van der Waals surface area (Å²) in [5.74, 6) is -0.212. The first-order valence-electron chi connectivity index (χ1n) is 33.1. The molecule has 8 bridgehead atoms. The van der Waals surface area contributed by atoms with Gasteiger partial charge in [0.2, 0.25) is 0 Å². The number of unbranched alkanes of at least 4 members (excludes halogenated alkanes) is 2. The van der Waals surface area contributed by atoms with Crippen molar-refractivity contribution in [3.63, 3.8) is 0 Å². The molecule has 0 aliphatic heterocycles. The molecule has 0 N–H and O–H groups in total. The molecule has 6 aromatic carbocycles. The number of nitrogens with zero attached hydrogens (tertiary/aromatic N) is 10. The van der Waals surface area contributed by atoms with E-state index in [1.54, 1.807) is 48.5 Å². The number of nitriles is 2. The van der Waals surface area contributed by atoms with Gasteiger partial charge in [0.05, 0.1) is 47.4 Å². The van der Waals surface area contributed by atoms with E-state index in [1.165, 1.54) is 14.1 Å². The minimum atomic E-state index is -0.831. The summed E-state index contributed by atoms with van der Waals surface area (Å²) < 4.78 is 31.8. The van der Waals surface area contributed by atoms with Gasteiger partial charge in [-0.1, -0.05) is 156 Å². The predicted octanol–water partition coefficient (Wildman–Crippen LogP) is 12.0. The lowest BCUT2D eigenvalue weighted by Gasteiger charge is -2.29. The molecule has 4 heterocycles. The maximum atomic E-state index is 15.3. The molecule has 20 nitrogen and oxygen atoms in total. The Morgan fingerprint density at radius 2 is 0.694 bits per heavy atom. The average Bonchev–Trinajstić information content (AvgIpc) is 0.769. The van der Waals surface area contributed by atoms with Gasteiger partial charge in [-0.2, -0.15) is 10.5 Å². The first kappa shape index (κ1) is 68.8. The highest BCUT2D eigenvalue weighted by atomic mass is 16.5. The largest absolute Gasteiger partial charge is 0.493 e. The molecule has 0 saturated heterocycles. The number of benzene rings is 6. The third-order valence-corrected chi connectivity index (χ3v) is 18.0. The minimum Gasteiger partial charge on any atom is -0.493 e. The molecular formula is C78H82N10O10. The van der Waals surface area contributed by atoms with Gasteiger partial charge in [0, 0.05) is 74.9 Å². The van der Waals surface area contributed by atoms with Crippen molar-refractivity contribution in [1.82, 2.24) is 38.2 Å². The quantitative estimate of drug-likeness (QED) is 0.0424. The Hall–Kier alpha value is -10.6. The second-order valence-electron chi connectivity index (χ2n) is 29.6. The summed E-state index contributed by atoms with van der Waals surface area (Å²) in [6.45, 7) is 24.3. The summed E-state index contributed by atoms with van der Waals surface area (Å²) >= 11 is 0. The van der Waals surface area contributed by atoms with Crippen molar-refractivity contribution in [2.75, 3.05) is 13.2 Å². The number of fused-ring (bicyclic) bond motifs is 12. The monoisotopic (exact) mass is 1320 g/mol. The van der Waals surface area contributed by atoms with Crippen molar-refractivity contribution < 1.29 is 28.5 Å². The Morgan fingerprint density at radius 3 is 0.959 bits per heavy atom. The zero-order valence-electron chi connectivity index (χ0n) is 58.3. The molecule has 0 atom stereocenters. The van der Waals surface area contributed by atoms with Crippen LogP contribution in [0.25, 0.3) is 44.4 Å². The standard InChI is InChI=1S/C78H82N10O10/c1-75(2,3)53-35-45-31-49-39-55(77(7,8)9)41-51(67(49)97-61(89)43-87-69-63(71(91)85(13)73(87)93)81-57-23-15-17-25-59(57)83-69)33-47-37-54(76(4,5)6)38-48(66(47)96-30-22-20-28-80)34-52-42-56(78(10,11)12)40-50(32-46(36-53)65(45)95-29-21-19-27-79)68(52)98-62(90)44-88-70-64(72(92)86(14)74(88)94)82-58-24-16-18-26-60(58)84-70/h15-18,23-26,35-42H,19-22,29-34,43-44H2,1-14H3. The molecule has 0 saturated carbocycles. The number of esters is 2. The molecule has 0 fully saturated rings. The summed E-state index contributed by atoms with van der Waals surface area (Å²) in [6.07, 6.45) is 1.67. The molecule has 0 radical (unpaired) electrons. The number of aromatic nitrogens is 8. The number of carbonyl (C=O) groups is 2. The summed E-state index contributed by atoms with van der Waals surface area (Å²) in [4.78, 5) is 106. The van der Waals surface area contributed by atoms with Crippen molar-refractivity contribution >= 4 is 56.3 Å². The van der Waals surface area contributed by atoms with Gasteiger partial charge in [0.15, 0.2) is 22.3 Å². The van der Waals surface area contributed by atoms with Crippen LogP contribution in [-0.4, -0.2) is 63.4 Å². The first-order chi connectivity index (χ1) is 46.3. The van der Waals surface area contributed by atoms with Crippen LogP contribution >= 0.6 is 0 Å². The van der Waals surface area contributed by atoms with Crippen molar-refractivity contribution in [1.29, 1.82) is 10.5 Å². The number of ether oxygens (including phenoxy) is 4. The van der Waals surface area contributed by atoms with Crippen LogP contribution < -0.4 is 41.4 Å². The highest BCUT2D eigenvalue weighted by Crippen LogP contribution is 2.45. The predicted molar refractivity (Wildman–Crippen MR) is 377 cm³/mol. The number of rotatable bonds is 14. The number of hydrogen-bond donors (Lipinski definition) is 0. The van der Waals surface area contributed by atoms with Crippen molar-refractivity contribution in [2.24, 2.45) is 14.1 Å². The van der Waals surface area contributed by atoms with Gasteiger partial charge in [-0.15, -0.1) is 0 Å². The van der Waals surface area contributed by atoms with Crippen LogP contribution in [0.3, 0.4) is 0 Å². The van der Waals surface area contributed by atoms with Gasteiger partial charge in [-0.25, -0.2) is 39.1 Å². The van der Waals surface area contributed by atoms with Crippen LogP contribution in [0.5, 0.6) is 23.0 Å². The summed E-state index contributed by atoms with van der Waals surface area (Å²) in [5.41, 5.74) is 5.42. The molecule has 0 amide bonds. The van der Waals surface area contributed by atoms with E-state index in [-0.39, 0.29) is 85.6 Å². The maximum Gasteiger partial charge on any atom is 0.333 e. The molecule has 4 aromatic heterocycles. The van der Waals surface area contributed by atoms with E-state index in [9.17, 15) is 29.7 Å². The van der Waals surface area contributed by atoms with Gasteiger partial charge in [-0.3, -0.25) is 27.9 Å². The van der Waals surface area contributed by atoms with Crippen LogP contribution in [0.2, 0.25) is 0 Å². The molecule has 11 rings (SSSR count). The second kappa shape index (κ2) is 26.8. The fourth-order valence-electron chi connectivity index (χ4n) is 12.4. The highest BCUT2D eigenvalue weighted by molar-refractivity contribution is 5.86. The topological polar surface area (TPSA) is 258 Å². The Morgan fingerprint density at radius 1 is 0.429 bits per heavy atom. The third-order valence-electron chi connectivity index (χ3n) is 18.0. The fraction of sp³-hybridized carbons (Fsp3) is 0.385. The molecule has 98 heavy (non-hydrogen) atoms. The van der Waals surface area contributed by atoms with Crippen LogP contribution in [-0.2, 0) is 84.1 Å². The molecule has 0 spiro atoms. The van der Waals surface area contributed by atoms with Gasteiger partial charge in [0.25, 0.3) is 11.1 Å². The number of carbonyl (C=O) groups excluding carboxylic acids is 2. The number of hydrogen-bond acceptors (Lipinski definition) is 16. The molecule has 504 valence electrons. The molecule has 10 aromatic rings. The summed E-state index contributed by atoms with van der Waals surface area (Å²) in [6, 6.07) is 35.0. The van der Waals surface area contributed by atoms with Crippen LogP contribution in [0.1, 0.15) is 176 Å². The zero-order chi connectivity index (χ0) is 70.5. The van der Waals surface area contributed by atoms with Gasteiger partial charge in [0.1, 0.15) is 36.1 Å². The van der Waals surface area contributed by atoms with Crippen molar-refractivity contribution in [3.05, 3.63) is 205 Å². The van der Waals surface area contributed by atoms with E-state index in [2.05, 4.69) is 129 Å². The van der Waals surface area contributed by atoms with Crippen LogP contribution in [0, 0.1) is 22.7 Å². The molecule has 1 aliphatic carbocycles. The van der Waals surface area contributed by atoms with E-state index in [0.717, 1.165) is 40.5 Å². The first-order valence-corrected chi connectivity index (χ1v) is 33.1. The lowest BCUT2D eigenvalue weighted by Crippen LogP contribution is -2.40. The third kappa shape index (κ3) is 14.1. The molecule has 1 aliphatic rings. The van der Waals surface area contributed by atoms with Crippen molar-refractivity contribution in [3.8, 4) is 35.1 Å². The average molecular weight is 1320 g/mol. The lowest BCUT2D eigenvalue weighted by atomic mass is 9.79. The van der Waals surface area contributed by atoms with Gasteiger partial charge >= 0.3 is 23.3 Å². The Labute approximate surface area is 568 Å². The Bertz CT molecular complexity index is 4820. The normalized spacial score (nSPS) is 12.8. The van der Waals surface area contributed by atoms with Gasteiger partial charge < -0.3 is 18.9 Å². The molecule has 0 unspecified atom stereocenters. The van der Waals surface area contributed by atoms with E-state index >= 15 is 9.59 Å². The smallest absolute Gasteiger partial charge is 0.333 e. The zero-order valence-corrected chi connectivity index (χ0v) is 58.3. The maximum absolute atomic E-state index is 15.3. The highest BCUT2D eigenvalue weighted by Gasteiger charge is 2.32. The van der Waals surface area contributed by atoms with Crippen molar-refractivity contribution in [2.45, 2.75) is 169 Å². The molecule has 20 heteroatoms. The Balaban J connectivity index is 1.19. The van der Waals surface area contributed by atoms with Crippen LogP contribution in [0.4, 0.5) is 0 Å². The van der Waals surface area contributed by atoms with E-state index in [0.29, 0.717) is 90.9 Å². The van der Waals surface area contributed by atoms with E-state index < -0.39 is 69.2 Å². The van der Waals surface area contributed by atoms with Gasteiger partial charge in [-0.05, 0) is 103 Å². The summed E-state index contributed by atoms with van der Waals surface area (Å²) in [5, 5.41) is 19.7. The number of para-hydroxylation sites is 4. The minimum absolute atomic E-state index is 0.0809. The van der Waals surface area contributed by atoms with E-state index in [4.69, 9.17) is 28.9 Å². The summed E-state index contributed by atoms with van der Waals surface area (Å²) in [7, 11) is 2.66. The lowest BCUT2D eigenvalue weighted by molar-refractivity contribution is -0.136. The SMILES string of the molecule is Cn1c(=O)c2nc3ccccc3nc2n(CC(=O)Oc2c3cc(C(C)(C)C)cc2Cc2cc(C(C)(C)C)cc(c2OCCCC#N)Cc2cc(C(C)(C)C)cc(c2OC(=O)Cn2c(=O)n(C)c(=O)c4nc5ccccc5nc42)Cc2cc(C(C)(C)C)cc(c2OCCCC#N)C3)c1=O.